The Bertz CT molecular complexity index is 836. The standard InChI is InChI=1S/C16H15Cl2NO3S/c1-11(20)13-8-16(15(18)9-14(13)17)23(21,22)19(2)10-12-6-4-3-5-7-12/h3-9H,10H2,1-2H3. The Hall–Kier alpha value is -1.40. The maximum atomic E-state index is 12.7. The van der Waals surface area contributed by atoms with Gasteiger partial charge in [-0.3, -0.25) is 4.79 Å². The van der Waals surface area contributed by atoms with Crippen LogP contribution in [0.5, 0.6) is 0 Å². The molecule has 0 aliphatic carbocycles. The number of nitrogens with zero attached hydrogens (tertiary/aromatic N) is 1. The summed E-state index contributed by atoms with van der Waals surface area (Å²) in [5, 5.41) is 0.118. The molecule has 0 N–H and O–H groups in total. The lowest BCUT2D eigenvalue weighted by molar-refractivity contribution is 0.101. The number of Topliss-reactive ketones (excluding diaryl/α,β-unsaturated/α-hetero) is 1. The van der Waals surface area contributed by atoms with Gasteiger partial charge in [0.15, 0.2) is 5.78 Å². The molecule has 0 fully saturated rings. The zero-order valence-corrected chi connectivity index (χ0v) is 14.9. The molecular formula is C16H15Cl2NO3S. The maximum Gasteiger partial charge on any atom is 0.244 e. The van der Waals surface area contributed by atoms with E-state index in [2.05, 4.69) is 0 Å². The van der Waals surface area contributed by atoms with Crippen LogP contribution in [-0.4, -0.2) is 25.6 Å². The molecule has 0 atom stereocenters. The topological polar surface area (TPSA) is 54.5 Å². The molecule has 122 valence electrons. The van der Waals surface area contributed by atoms with E-state index in [9.17, 15) is 13.2 Å². The van der Waals surface area contributed by atoms with E-state index in [1.807, 2.05) is 30.3 Å². The predicted octanol–water partition coefficient (Wildman–Crippen LogP) is 4.02. The first-order valence-electron chi connectivity index (χ1n) is 6.73. The summed E-state index contributed by atoms with van der Waals surface area (Å²) in [5.74, 6) is -0.325. The van der Waals surface area contributed by atoms with Crippen molar-refractivity contribution in [1.29, 1.82) is 0 Å². The van der Waals surface area contributed by atoms with Crippen molar-refractivity contribution in [2.45, 2.75) is 18.4 Å². The summed E-state index contributed by atoms with van der Waals surface area (Å²) in [7, 11) is -2.39. The first-order chi connectivity index (χ1) is 10.7. The van der Waals surface area contributed by atoms with Crippen LogP contribution < -0.4 is 0 Å². The van der Waals surface area contributed by atoms with Gasteiger partial charge in [-0.15, -0.1) is 0 Å². The normalized spacial score (nSPS) is 11.7. The van der Waals surface area contributed by atoms with Crippen LogP contribution in [0, 0.1) is 0 Å². The van der Waals surface area contributed by atoms with E-state index in [-0.39, 0.29) is 32.8 Å². The quantitative estimate of drug-likeness (QED) is 0.745. The Kier molecular flexibility index (Phi) is 5.47. The highest BCUT2D eigenvalue weighted by molar-refractivity contribution is 7.89. The largest absolute Gasteiger partial charge is 0.294 e. The fraction of sp³-hybridized carbons (Fsp3) is 0.188. The molecule has 2 rings (SSSR count). The molecule has 0 spiro atoms. The van der Waals surface area contributed by atoms with Crippen LogP contribution >= 0.6 is 23.2 Å². The van der Waals surface area contributed by atoms with Crippen molar-refractivity contribution in [1.82, 2.24) is 4.31 Å². The van der Waals surface area contributed by atoms with Crippen LogP contribution in [0.25, 0.3) is 0 Å². The number of carbonyl (C=O) groups is 1. The maximum absolute atomic E-state index is 12.7. The molecule has 0 aliphatic rings. The van der Waals surface area contributed by atoms with E-state index in [4.69, 9.17) is 23.2 Å². The fourth-order valence-electron chi connectivity index (χ4n) is 2.09. The monoisotopic (exact) mass is 371 g/mol. The van der Waals surface area contributed by atoms with Crippen molar-refractivity contribution in [2.75, 3.05) is 7.05 Å². The molecule has 23 heavy (non-hydrogen) atoms. The number of ketones is 1. The Balaban J connectivity index is 2.43. The van der Waals surface area contributed by atoms with Crippen molar-refractivity contribution < 1.29 is 13.2 Å². The number of benzene rings is 2. The zero-order valence-electron chi connectivity index (χ0n) is 12.6. The third-order valence-corrected chi connectivity index (χ3v) is 5.92. The summed E-state index contributed by atoms with van der Waals surface area (Å²) in [6.07, 6.45) is 0. The van der Waals surface area contributed by atoms with E-state index in [0.29, 0.717) is 0 Å². The minimum absolute atomic E-state index is 0.0140. The second-order valence-corrected chi connectivity index (χ2v) is 7.89. The van der Waals surface area contributed by atoms with Crippen LogP contribution in [0.1, 0.15) is 22.8 Å². The Morgan fingerprint density at radius 1 is 1.09 bits per heavy atom. The van der Waals surface area contributed by atoms with Gasteiger partial charge in [-0.25, -0.2) is 8.42 Å². The lowest BCUT2D eigenvalue weighted by atomic mass is 10.1. The van der Waals surface area contributed by atoms with Crippen molar-refractivity contribution in [2.24, 2.45) is 0 Å². The van der Waals surface area contributed by atoms with Crippen molar-refractivity contribution in [3.63, 3.8) is 0 Å². The third-order valence-electron chi connectivity index (χ3n) is 3.34. The first-order valence-corrected chi connectivity index (χ1v) is 8.93. The molecule has 0 unspecified atom stereocenters. The summed E-state index contributed by atoms with van der Waals surface area (Å²) in [5.41, 5.74) is 0.971. The number of sulfonamides is 1. The highest BCUT2D eigenvalue weighted by Gasteiger charge is 2.26. The Morgan fingerprint density at radius 3 is 2.26 bits per heavy atom. The average Bonchev–Trinajstić information content (AvgIpc) is 2.47. The molecule has 0 saturated carbocycles. The van der Waals surface area contributed by atoms with Gasteiger partial charge in [0.2, 0.25) is 10.0 Å². The number of carbonyl (C=O) groups excluding carboxylic acids is 1. The van der Waals surface area contributed by atoms with E-state index in [1.165, 1.54) is 30.4 Å². The second-order valence-electron chi connectivity index (χ2n) is 5.07. The van der Waals surface area contributed by atoms with Crippen molar-refractivity contribution in [3.8, 4) is 0 Å². The summed E-state index contributed by atoms with van der Waals surface area (Å²) in [6, 6.07) is 11.7. The molecule has 7 heteroatoms. The van der Waals surface area contributed by atoms with Gasteiger partial charge in [-0.05, 0) is 24.6 Å². The van der Waals surface area contributed by atoms with Crippen molar-refractivity contribution >= 4 is 39.0 Å². The van der Waals surface area contributed by atoms with Gasteiger partial charge in [0.05, 0.1) is 10.0 Å². The van der Waals surface area contributed by atoms with E-state index in [1.54, 1.807) is 0 Å². The van der Waals surface area contributed by atoms with Crippen LogP contribution in [0.15, 0.2) is 47.4 Å². The summed E-state index contributed by atoms with van der Waals surface area (Å²) in [4.78, 5) is 11.4. The summed E-state index contributed by atoms with van der Waals surface area (Å²) in [6.45, 7) is 1.51. The molecule has 0 bridgehead atoms. The second kappa shape index (κ2) is 7.01. The van der Waals surface area contributed by atoms with Crippen molar-refractivity contribution in [3.05, 3.63) is 63.6 Å². The minimum Gasteiger partial charge on any atom is -0.294 e. The SMILES string of the molecule is CC(=O)c1cc(S(=O)(=O)N(C)Cc2ccccc2)c(Cl)cc1Cl. The zero-order chi connectivity index (χ0) is 17.2. The Labute approximate surface area is 145 Å². The van der Waals surface area contributed by atoms with Gasteiger partial charge in [0.1, 0.15) is 4.90 Å². The first kappa shape index (κ1) is 17.9. The molecule has 2 aromatic rings. The molecule has 4 nitrogen and oxygen atoms in total. The average molecular weight is 372 g/mol. The molecule has 0 aromatic heterocycles. The van der Waals surface area contributed by atoms with Gasteiger partial charge in [0.25, 0.3) is 0 Å². The van der Waals surface area contributed by atoms with E-state index < -0.39 is 10.0 Å². The van der Waals surface area contributed by atoms with E-state index in [0.717, 1.165) is 5.56 Å². The number of halogens is 2. The molecule has 0 radical (unpaired) electrons. The molecule has 0 heterocycles. The predicted molar refractivity (Wildman–Crippen MR) is 91.6 cm³/mol. The molecule has 0 aliphatic heterocycles. The van der Waals surface area contributed by atoms with Gasteiger partial charge in [-0.2, -0.15) is 4.31 Å². The minimum atomic E-state index is -3.85. The smallest absolute Gasteiger partial charge is 0.244 e. The van der Waals surface area contributed by atoms with E-state index >= 15 is 0 Å². The number of rotatable bonds is 5. The Morgan fingerprint density at radius 2 is 1.70 bits per heavy atom. The molecule has 2 aromatic carbocycles. The lowest BCUT2D eigenvalue weighted by Gasteiger charge is -2.19. The number of hydrogen-bond acceptors (Lipinski definition) is 3. The van der Waals surface area contributed by atoms with Gasteiger partial charge in [-0.1, -0.05) is 53.5 Å². The highest BCUT2D eigenvalue weighted by Crippen LogP contribution is 2.31. The van der Waals surface area contributed by atoms with Crippen LogP contribution in [0.4, 0.5) is 0 Å². The van der Waals surface area contributed by atoms with Crippen LogP contribution in [0.3, 0.4) is 0 Å². The van der Waals surface area contributed by atoms with Gasteiger partial charge in [0, 0.05) is 19.2 Å². The van der Waals surface area contributed by atoms with Crippen LogP contribution in [0.2, 0.25) is 10.0 Å². The van der Waals surface area contributed by atoms with Gasteiger partial charge >= 0.3 is 0 Å². The molecular weight excluding hydrogens is 357 g/mol. The molecule has 0 amide bonds. The lowest BCUT2D eigenvalue weighted by Crippen LogP contribution is -2.27. The number of hydrogen-bond donors (Lipinski definition) is 0. The highest BCUT2D eigenvalue weighted by atomic mass is 35.5. The third kappa shape index (κ3) is 3.93. The molecule has 0 saturated heterocycles. The summed E-state index contributed by atoms with van der Waals surface area (Å²) < 4.78 is 26.6. The summed E-state index contributed by atoms with van der Waals surface area (Å²) >= 11 is 12.0. The van der Waals surface area contributed by atoms with Crippen LogP contribution in [-0.2, 0) is 16.6 Å². The fourth-order valence-corrected chi connectivity index (χ4v) is 4.13. The van der Waals surface area contributed by atoms with Gasteiger partial charge < -0.3 is 0 Å².